The number of rotatable bonds is 6. The van der Waals surface area contributed by atoms with E-state index in [4.69, 9.17) is 4.74 Å². The summed E-state index contributed by atoms with van der Waals surface area (Å²) in [6.45, 7) is 2.00. The predicted molar refractivity (Wildman–Crippen MR) is 104 cm³/mol. The molecule has 1 N–H and O–H groups in total. The number of thioether (sulfide) groups is 1. The van der Waals surface area contributed by atoms with Crippen molar-refractivity contribution >= 4 is 34.7 Å². The smallest absolute Gasteiger partial charge is 0.255 e. The lowest BCUT2D eigenvalue weighted by Crippen LogP contribution is -2.11. The molecule has 6 heteroatoms. The lowest BCUT2D eigenvalue weighted by atomic mass is 10.1. The zero-order valence-corrected chi connectivity index (χ0v) is 15.6. The molecule has 1 aromatic heterocycles. The first kappa shape index (κ1) is 17.5. The second-order valence-corrected chi connectivity index (χ2v) is 7.50. The van der Waals surface area contributed by atoms with E-state index in [1.54, 1.807) is 30.2 Å². The Hall–Kier alpha value is -2.31. The van der Waals surface area contributed by atoms with Gasteiger partial charge in [-0.2, -0.15) is 0 Å². The maximum Gasteiger partial charge on any atom is 0.255 e. The number of aryl methyl sites for hydroxylation is 1. The zero-order valence-electron chi connectivity index (χ0n) is 14.0. The van der Waals surface area contributed by atoms with E-state index in [1.165, 1.54) is 5.56 Å². The van der Waals surface area contributed by atoms with Crippen LogP contribution in [0.4, 0.5) is 5.69 Å². The summed E-state index contributed by atoms with van der Waals surface area (Å²) in [7, 11) is 1.61. The summed E-state index contributed by atoms with van der Waals surface area (Å²) in [5, 5.41) is 4.93. The lowest BCUT2D eigenvalue weighted by Gasteiger charge is -2.07. The van der Waals surface area contributed by atoms with Crippen molar-refractivity contribution < 1.29 is 9.53 Å². The van der Waals surface area contributed by atoms with E-state index < -0.39 is 0 Å². The number of nitrogens with one attached hydrogen (secondary N) is 1. The number of nitrogens with zero attached hydrogens (tertiary/aromatic N) is 1. The highest BCUT2D eigenvalue weighted by Gasteiger charge is 2.07. The van der Waals surface area contributed by atoms with Gasteiger partial charge in [0, 0.05) is 28.1 Å². The van der Waals surface area contributed by atoms with Crippen LogP contribution in [0.5, 0.6) is 5.75 Å². The summed E-state index contributed by atoms with van der Waals surface area (Å²) in [6.07, 6.45) is 0. The monoisotopic (exact) mass is 370 g/mol. The molecule has 0 aliphatic rings. The maximum absolute atomic E-state index is 12.3. The van der Waals surface area contributed by atoms with Crippen molar-refractivity contribution in [3.63, 3.8) is 0 Å². The number of methoxy groups -OCH3 is 1. The summed E-state index contributed by atoms with van der Waals surface area (Å²) in [5.41, 5.74) is 3.59. The fourth-order valence-electron chi connectivity index (χ4n) is 2.17. The minimum atomic E-state index is -0.125. The number of amides is 1. The van der Waals surface area contributed by atoms with Gasteiger partial charge in [0.2, 0.25) is 0 Å². The van der Waals surface area contributed by atoms with Gasteiger partial charge in [-0.25, -0.2) is 4.98 Å². The van der Waals surface area contributed by atoms with Crippen LogP contribution in [-0.4, -0.2) is 18.0 Å². The molecule has 1 amide bonds. The molecule has 0 saturated carbocycles. The van der Waals surface area contributed by atoms with Gasteiger partial charge in [-0.15, -0.1) is 11.3 Å². The van der Waals surface area contributed by atoms with Crippen molar-refractivity contribution in [1.82, 2.24) is 4.98 Å². The minimum absolute atomic E-state index is 0.125. The Kier molecular flexibility index (Phi) is 5.73. The number of hydrogen-bond donors (Lipinski definition) is 1. The highest BCUT2D eigenvalue weighted by molar-refractivity contribution is 8.00. The van der Waals surface area contributed by atoms with Gasteiger partial charge in [0.25, 0.3) is 5.91 Å². The number of benzene rings is 2. The van der Waals surface area contributed by atoms with Gasteiger partial charge in [-0.3, -0.25) is 4.79 Å². The largest absolute Gasteiger partial charge is 0.497 e. The molecule has 0 bridgehead atoms. The third-order valence-electron chi connectivity index (χ3n) is 3.52. The number of ether oxygens (including phenoxy) is 1. The second kappa shape index (κ2) is 8.18. The van der Waals surface area contributed by atoms with Gasteiger partial charge in [-0.1, -0.05) is 23.9 Å². The maximum atomic E-state index is 12.3. The first-order valence-electron chi connectivity index (χ1n) is 7.73. The number of thiazole rings is 1. The van der Waals surface area contributed by atoms with Crippen LogP contribution in [0.1, 0.15) is 21.6 Å². The molecule has 0 saturated heterocycles. The van der Waals surface area contributed by atoms with E-state index in [0.717, 1.165) is 27.2 Å². The number of aromatic nitrogens is 1. The molecular formula is C19H18N2O2S2. The first-order valence-corrected chi connectivity index (χ1v) is 9.60. The van der Waals surface area contributed by atoms with Crippen LogP contribution >= 0.6 is 23.1 Å². The van der Waals surface area contributed by atoms with Crippen LogP contribution < -0.4 is 10.1 Å². The lowest BCUT2D eigenvalue weighted by molar-refractivity contribution is 0.102. The molecule has 3 aromatic rings. The zero-order chi connectivity index (χ0) is 17.6. The van der Waals surface area contributed by atoms with E-state index in [9.17, 15) is 4.79 Å². The van der Waals surface area contributed by atoms with Crippen molar-refractivity contribution in [1.29, 1.82) is 0 Å². The molecule has 0 aliphatic heterocycles. The molecule has 1 heterocycles. The normalized spacial score (nSPS) is 10.5. The summed E-state index contributed by atoms with van der Waals surface area (Å²) in [6, 6.07) is 14.9. The van der Waals surface area contributed by atoms with Crippen molar-refractivity contribution in [3.8, 4) is 5.75 Å². The SMILES string of the molecule is COc1ccc(NC(=O)c2ccc(CSc3nc(C)cs3)cc2)cc1. The van der Waals surface area contributed by atoms with Crippen molar-refractivity contribution in [2.45, 2.75) is 17.0 Å². The van der Waals surface area contributed by atoms with Gasteiger partial charge >= 0.3 is 0 Å². The highest BCUT2D eigenvalue weighted by Crippen LogP contribution is 2.26. The van der Waals surface area contributed by atoms with E-state index >= 15 is 0 Å². The number of hydrogen-bond acceptors (Lipinski definition) is 5. The molecule has 0 radical (unpaired) electrons. The van der Waals surface area contributed by atoms with E-state index in [2.05, 4.69) is 15.7 Å². The Balaban J connectivity index is 1.57. The quantitative estimate of drug-likeness (QED) is 0.620. The average Bonchev–Trinajstić information content (AvgIpc) is 3.06. The van der Waals surface area contributed by atoms with Gasteiger partial charge in [-0.05, 0) is 48.9 Å². The molecule has 0 fully saturated rings. The van der Waals surface area contributed by atoms with Gasteiger partial charge in [0.15, 0.2) is 0 Å². The van der Waals surface area contributed by atoms with E-state index in [1.807, 2.05) is 55.5 Å². The van der Waals surface area contributed by atoms with Crippen LogP contribution in [-0.2, 0) is 5.75 Å². The molecule has 128 valence electrons. The first-order chi connectivity index (χ1) is 12.1. The highest BCUT2D eigenvalue weighted by atomic mass is 32.2. The number of carbonyl (C=O) groups is 1. The van der Waals surface area contributed by atoms with Crippen LogP contribution in [0.15, 0.2) is 58.3 Å². The fourth-order valence-corrected chi connectivity index (χ4v) is 3.98. The average molecular weight is 370 g/mol. The molecule has 4 nitrogen and oxygen atoms in total. The number of carbonyl (C=O) groups excluding carboxylic acids is 1. The molecule has 2 aromatic carbocycles. The third kappa shape index (κ3) is 4.84. The van der Waals surface area contributed by atoms with Crippen molar-refractivity contribution in [2.75, 3.05) is 12.4 Å². The minimum Gasteiger partial charge on any atom is -0.497 e. The summed E-state index contributed by atoms with van der Waals surface area (Å²) in [5.74, 6) is 1.48. The van der Waals surface area contributed by atoms with Crippen LogP contribution in [0.2, 0.25) is 0 Å². The van der Waals surface area contributed by atoms with Crippen LogP contribution in [0.3, 0.4) is 0 Å². The van der Waals surface area contributed by atoms with Crippen molar-refractivity contribution in [3.05, 3.63) is 70.7 Å². The van der Waals surface area contributed by atoms with Crippen LogP contribution in [0, 0.1) is 6.92 Å². The Morgan fingerprint density at radius 2 is 1.88 bits per heavy atom. The third-order valence-corrected chi connectivity index (χ3v) is 5.73. The topological polar surface area (TPSA) is 51.2 Å². The molecule has 0 atom stereocenters. The molecule has 0 spiro atoms. The van der Waals surface area contributed by atoms with Gasteiger partial charge in [0.1, 0.15) is 10.1 Å². The molecule has 25 heavy (non-hydrogen) atoms. The summed E-state index contributed by atoms with van der Waals surface area (Å²) >= 11 is 3.37. The Morgan fingerprint density at radius 1 is 1.16 bits per heavy atom. The van der Waals surface area contributed by atoms with Gasteiger partial charge < -0.3 is 10.1 Å². The van der Waals surface area contributed by atoms with E-state index in [-0.39, 0.29) is 5.91 Å². The molecular weight excluding hydrogens is 352 g/mol. The summed E-state index contributed by atoms with van der Waals surface area (Å²) in [4.78, 5) is 16.7. The summed E-state index contributed by atoms with van der Waals surface area (Å²) < 4.78 is 6.18. The standard InChI is InChI=1S/C19H18N2O2S2/c1-13-11-24-19(20-13)25-12-14-3-5-15(6-4-14)18(22)21-16-7-9-17(23-2)10-8-16/h3-11H,12H2,1-2H3,(H,21,22). The Bertz CT molecular complexity index is 843. The fraction of sp³-hybridized carbons (Fsp3) is 0.158. The van der Waals surface area contributed by atoms with Crippen molar-refractivity contribution in [2.24, 2.45) is 0 Å². The Labute approximate surface area is 155 Å². The van der Waals surface area contributed by atoms with E-state index in [0.29, 0.717) is 5.56 Å². The number of anilines is 1. The molecule has 0 aliphatic carbocycles. The second-order valence-electron chi connectivity index (χ2n) is 5.42. The van der Waals surface area contributed by atoms with Crippen LogP contribution in [0.25, 0.3) is 0 Å². The van der Waals surface area contributed by atoms with Gasteiger partial charge in [0.05, 0.1) is 7.11 Å². The molecule has 0 unspecified atom stereocenters. The predicted octanol–water partition coefficient (Wildman–Crippen LogP) is 5.00. The Morgan fingerprint density at radius 3 is 2.48 bits per heavy atom. The molecule has 3 rings (SSSR count).